The molecule has 6 rings (SSSR count). The Morgan fingerprint density at radius 2 is 2.00 bits per heavy atom. The van der Waals surface area contributed by atoms with E-state index in [2.05, 4.69) is 42.0 Å². The van der Waals surface area contributed by atoms with Crippen molar-refractivity contribution in [1.29, 1.82) is 0 Å². The van der Waals surface area contributed by atoms with Gasteiger partial charge < -0.3 is 19.9 Å². The Bertz CT molecular complexity index is 1690. The highest BCUT2D eigenvalue weighted by molar-refractivity contribution is 6.36. The minimum absolute atomic E-state index is 0.157. The van der Waals surface area contributed by atoms with E-state index in [0.717, 1.165) is 38.8 Å². The van der Waals surface area contributed by atoms with Crippen LogP contribution in [-0.2, 0) is 4.79 Å². The van der Waals surface area contributed by atoms with Crippen molar-refractivity contribution in [1.82, 2.24) is 20.0 Å². The Balaban J connectivity index is 1.54. The Kier molecular flexibility index (Phi) is 6.95. The van der Waals surface area contributed by atoms with Crippen molar-refractivity contribution in [3.05, 3.63) is 83.0 Å². The molecule has 1 aromatic heterocycles. The van der Waals surface area contributed by atoms with Crippen molar-refractivity contribution in [2.24, 2.45) is 0 Å². The number of ether oxygens (including phenoxy) is 1. The molecule has 1 atom stereocenters. The van der Waals surface area contributed by atoms with Crippen LogP contribution in [0.2, 0.25) is 5.02 Å². The number of para-hydroxylation sites is 1. The van der Waals surface area contributed by atoms with E-state index in [1.807, 2.05) is 43.3 Å². The van der Waals surface area contributed by atoms with Gasteiger partial charge in [-0.15, -0.1) is 0 Å². The zero-order valence-corrected chi connectivity index (χ0v) is 24.1. The number of nitrogens with zero attached hydrogens (tertiary/aromatic N) is 3. The quantitative estimate of drug-likeness (QED) is 0.276. The largest absolute Gasteiger partial charge is 0.489 e. The molecule has 2 aliphatic rings. The number of benzene rings is 3. The highest BCUT2D eigenvalue weighted by Gasteiger charge is 2.39. The second-order valence-corrected chi connectivity index (χ2v) is 11.3. The number of nitrogens with one attached hydrogen (secondary N) is 2. The fourth-order valence-electron chi connectivity index (χ4n) is 5.92. The number of H-pyrrole nitrogens is 1. The van der Waals surface area contributed by atoms with Crippen LogP contribution in [0.5, 0.6) is 5.75 Å². The van der Waals surface area contributed by atoms with Gasteiger partial charge in [-0.2, -0.15) is 5.10 Å². The summed E-state index contributed by atoms with van der Waals surface area (Å²) in [5, 5.41) is 12.2. The average Bonchev–Trinajstić information content (AvgIpc) is 3.39. The van der Waals surface area contributed by atoms with E-state index in [-0.39, 0.29) is 30.4 Å². The van der Waals surface area contributed by atoms with Gasteiger partial charge in [0.25, 0.3) is 5.91 Å². The summed E-state index contributed by atoms with van der Waals surface area (Å²) in [5.74, 6) is 0.271. The number of amides is 2. The molecule has 8 nitrogen and oxygen atoms in total. The third-order valence-corrected chi connectivity index (χ3v) is 8.41. The van der Waals surface area contributed by atoms with Crippen molar-refractivity contribution in [3.63, 3.8) is 0 Å². The summed E-state index contributed by atoms with van der Waals surface area (Å²) >= 11 is 7.16. The van der Waals surface area contributed by atoms with E-state index in [9.17, 15) is 9.59 Å². The predicted octanol–water partition coefficient (Wildman–Crippen LogP) is 6.29. The molecular formula is C32H32ClN5O3. The fraction of sp³-hybridized carbons (Fsp3) is 0.281. The van der Waals surface area contributed by atoms with Crippen molar-refractivity contribution in [2.75, 3.05) is 31.6 Å². The fourth-order valence-corrected chi connectivity index (χ4v) is 6.22. The standard InChI is InChI=1S/C32H32ClN5O3/c1-5-27(39)37-12-13-38-20(16-37)17-41-31-29(32(38)40)26(35-24-9-7-6-8-21(24)18(2)3)14-22(30(31)33)28-19(4)10-11-25-23(28)15-34-36-25/h5-11,14-15,18,20,35H,1,12-13,16-17H2,2-4H3,(H,34,36)/t20-/m0/s1. The Labute approximate surface area is 243 Å². The molecule has 3 heterocycles. The summed E-state index contributed by atoms with van der Waals surface area (Å²) < 4.78 is 6.41. The van der Waals surface area contributed by atoms with Gasteiger partial charge in [-0.25, -0.2) is 0 Å². The van der Waals surface area contributed by atoms with E-state index < -0.39 is 0 Å². The molecule has 2 N–H and O–H groups in total. The maximum atomic E-state index is 14.3. The lowest BCUT2D eigenvalue weighted by molar-refractivity contribution is -0.128. The second-order valence-electron chi connectivity index (χ2n) is 10.9. The number of hydrogen-bond donors (Lipinski definition) is 2. The molecule has 0 unspecified atom stereocenters. The second kappa shape index (κ2) is 10.6. The molecule has 1 saturated heterocycles. The highest BCUT2D eigenvalue weighted by Crippen LogP contribution is 2.47. The Hall–Kier alpha value is -4.30. The molecule has 0 bridgehead atoms. The van der Waals surface area contributed by atoms with Gasteiger partial charge in [-0.05, 0) is 53.8 Å². The maximum Gasteiger partial charge on any atom is 0.260 e. The van der Waals surface area contributed by atoms with Gasteiger partial charge in [0.1, 0.15) is 12.2 Å². The van der Waals surface area contributed by atoms with Crippen LogP contribution in [0, 0.1) is 6.92 Å². The SMILES string of the molecule is C=CC(=O)N1CCN2C(=O)c3c(Nc4ccccc4C(C)C)cc(-c4c(C)ccc5[nH]ncc45)c(Cl)c3OC[C@@H]2C1. The normalized spacial score (nSPS) is 16.7. The van der Waals surface area contributed by atoms with Gasteiger partial charge in [0.05, 0.1) is 28.5 Å². The van der Waals surface area contributed by atoms with E-state index in [1.165, 1.54) is 6.08 Å². The van der Waals surface area contributed by atoms with Crippen molar-refractivity contribution < 1.29 is 14.3 Å². The number of piperazine rings is 1. The zero-order chi connectivity index (χ0) is 28.8. The smallest absolute Gasteiger partial charge is 0.260 e. The predicted molar refractivity (Wildman–Crippen MR) is 162 cm³/mol. The molecule has 1 fully saturated rings. The average molecular weight is 570 g/mol. The topological polar surface area (TPSA) is 90.6 Å². The number of aromatic nitrogens is 2. The zero-order valence-electron chi connectivity index (χ0n) is 23.3. The molecular weight excluding hydrogens is 538 g/mol. The number of aromatic amines is 1. The van der Waals surface area contributed by atoms with Crippen molar-refractivity contribution >= 4 is 45.7 Å². The number of anilines is 2. The molecule has 41 heavy (non-hydrogen) atoms. The summed E-state index contributed by atoms with van der Waals surface area (Å²) in [6.07, 6.45) is 3.10. The number of rotatable bonds is 5. The summed E-state index contributed by atoms with van der Waals surface area (Å²) in [4.78, 5) is 30.2. The highest BCUT2D eigenvalue weighted by atomic mass is 35.5. The number of halogens is 1. The monoisotopic (exact) mass is 569 g/mol. The number of hydrogen-bond acceptors (Lipinski definition) is 5. The van der Waals surface area contributed by atoms with Crippen LogP contribution >= 0.6 is 11.6 Å². The number of fused-ring (bicyclic) bond motifs is 3. The summed E-state index contributed by atoms with van der Waals surface area (Å²) in [6.45, 7) is 11.3. The molecule has 3 aromatic carbocycles. The van der Waals surface area contributed by atoms with E-state index in [4.69, 9.17) is 16.3 Å². The number of aryl methyl sites for hydroxylation is 1. The molecule has 0 saturated carbocycles. The molecule has 2 amide bonds. The number of carbonyl (C=O) groups is 2. The minimum Gasteiger partial charge on any atom is -0.489 e. The number of carbonyl (C=O) groups excluding carboxylic acids is 2. The third kappa shape index (κ3) is 4.62. The van der Waals surface area contributed by atoms with Crippen LogP contribution in [0.25, 0.3) is 22.0 Å². The summed E-state index contributed by atoms with van der Waals surface area (Å²) in [7, 11) is 0. The van der Waals surface area contributed by atoms with Gasteiger partial charge in [0.15, 0.2) is 5.75 Å². The van der Waals surface area contributed by atoms with Crippen LogP contribution in [0.15, 0.2) is 61.3 Å². The molecule has 0 radical (unpaired) electrons. The van der Waals surface area contributed by atoms with Crippen LogP contribution in [0.3, 0.4) is 0 Å². The summed E-state index contributed by atoms with van der Waals surface area (Å²) in [6, 6.07) is 13.7. The van der Waals surface area contributed by atoms with E-state index >= 15 is 0 Å². The van der Waals surface area contributed by atoms with Gasteiger partial charge >= 0.3 is 0 Å². The molecule has 4 aromatic rings. The van der Waals surface area contributed by atoms with E-state index in [1.54, 1.807) is 16.0 Å². The lowest BCUT2D eigenvalue weighted by Crippen LogP contribution is -2.57. The van der Waals surface area contributed by atoms with Gasteiger partial charge in [0, 0.05) is 36.3 Å². The molecule has 210 valence electrons. The Morgan fingerprint density at radius 3 is 2.78 bits per heavy atom. The third-order valence-electron chi connectivity index (χ3n) is 8.04. The lowest BCUT2D eigenvalue weighted by Gasteiger charge is -2.39. The summed E-state index contributed by atoms with van der Waals surface area (Å²) in [5.41, 5.74) is 6.61. The Morgan fingerprint density at radius 1 is 1.20 bits per heavy atom. The van der Waals surface area contributed by atoms with Crippen LogP contribution in [0.1, 0.15) is 41.3 Å². The van der Waals surface area contributed by atoms with Crippen LogP contribution < -0.4 is 10.1 Å². The van der Waals surface area contributed by atoms with Crippen molar-refractivity contribution in [3.8, 4) is 16.9 Å². The van der Waals surface area contributed by atoms with E-state index in [0.29, 0.717) is 41.7 Å². The maximum absolute atomic E-state index is 14.3. The van der Waals surface area contributed by atoms with Crippen LogP contribution in [0.4, 0.5) is 11.4 Å². The minimum atomic E-state index is -0.318. The van der Waals surface area contributed by atoms with Gasteiger partial charge in [0.2, 0.25) is 5.91 Å². The van der Waals surface area contributed by atoms with Crippen LogP contribution in [-0.4, -0.2) is 64.1 Å². The molecule has 0 aliphatic carbocycles. The van der Waals surface area contributed by atoms with Crippen molar-refractivity contribution in [2.45, 2.75) is 32.7 Å². The molecule has 2 aliphatic heterocycles. The first-order valence-electron chi connectivity index (χ1n) is 13.8. The first kappa shape index (κ1) is 26.9. The lowest BCUT2D eigenvalue weighted by atomic mass is 9.93. The first-order valence-corrected chi connectivity index (χ1v) is 14.2. The van der Waals surface area contributed by atoms with Gasteiger partial charge in [-0.1, -0.05) is 56.3 Å². The molecule has 9 heteroatoms. The van der Waals surface area contributed by atoms with Gasteiger partial charge in [-0.3, -0.25) is 14.7 Å². The first-order chi connectivity index (χ1) is 19.8. The molecule has 0 spiro atoms.